The molecule has 0 heterocycles. The van der Waals surface area contributed by atoms with E-state index in [0.29, 0.717) is 16.4 Å². The van der Waals surface area contributed by atoms with Gasteiger partial charge in [-0.05, 0) is 45.0 Å². The third-order valence-corrected chi connectivity index (χ3v) is 6.98. The number of hydrogen-bond acceptors (Lipinski definition) is 8. The van der Waals surface area contributed by atoms with Crippen LogP contribution >= 0.6 is 11.6 Å². The number of halogens is 1. The Hall–Kier alpha value is -2.89. The van der Waals surface area contributed by atoms with Crippen LogP contribution in [0.25, 0.3) is 0 Å². The van der Waals surface area contributed by atoms with Crippen LogP contribution in [0.5, 0.6) is 0 Å². The third-order valence-electron chi connectivity index (χ3n) is 4.66. The first-order chi connectivity index (χ1) is 15.7. The van der Waals surface area contributed by atoms with Gasteiger partial charge in [0.05, 0.1) is 28.1 Å². The Morgan fingerprint density at radius 3 is 2.47 bits per heavy atom. The first-order valence-electron chi connectivity index (χ1n) is 10.5. The Labute approximate surface area is 204 Å². The zero-order valence-corrected chi connectivity index (χ0v) is 21.0. The van der Waals surface area contributed by atoms with E-state index in [-0.39, 0.29) is 19.5 Å². The summed E-state index contributed by atoms with van der Waals surface area (Å²) in [6.45, 7) is 6.64. The lowest BCUT2D eigenvalue weighted by molar-refractivity contribution is -0.387. The minimum Gasteiger partial charge on any atom is -0.460 e. The number of anilines is 2. The van der Waals surface area contributed by atoms with E-state index in [9.17, 15) is 23.3 Å². The normalized spacial score (nSPS) is 12.9. The average molecular weight is 513 g/mol. The van der Waals surface area contributed by atoms with Gasteiger partial charge in [-0.1, -0.05) is 30.7 Å². The number of nitrogens with one attached hydrogen (secondary N) is 1. The minimum absolute atomic E-state index is 0.0172. The molecule has 0 spiro atoms. The van der Waals surface area contributed by atoms with Crippen molar-refractivity contribution in [3.63, 3.8) is 0 Å². The third kappa shape index (κ3) is 7.31. The average Bonchev–Trinajstić information content (AvgIpc) is 2.72. The lowest BCUT2D eigenvalue weighted by Gasteiger charge is -2.28. The molecular formula is C22H29ClN4O6S. The smallest absolute Gasteiger partial charge is 0.308 e. The highest BCUT2D eigenvalue weighted by molar-refractivity contribution is 7.89. The number of benzene rings is 2. The van der Waals surface area contributed by atoms with Crippen molar-refractivity contribution in [3.05, 3.63) is 57.6 Å². The number of para-hydroxylation sites is 1. The van der Waals surface area contributed by atoms with Gasteiger partial charge in [-0.15, -0.1) is 0 Å². The fraction of sp³-hybridized carbons (Fsp3) is 0.409. The predicted octanol–water partition coefficient (Wildman–Crippen LogP) is 4.05. The number of nitrogens with zero attached hydrogens (tertiary/aromatic N) is 2. The highest BCUT2D eigenvalue weighted by atomic mass is 35.5. The molecule has 2 rings (SSSR count). The standard InChI is InChI=1S/C22H29ClN4O6S/c1-5-26(34(31,32)20-9-7-6-8-19(20)27(29)30)14-16(13-21(28)33-22(2,3)4)25-15-10-11-18(24)17(23)12-15/h6-12,16,25H,5,13-14,24H2,1-4H3/t16-/m0/s1. The van der Waals surface area contributed by atoms with Gasteiger partial charge in [-0.25, -0.2) is 8.42 Å². The van der Waals surface area contributed by atoms with Crippen LogP contribution in [0.2, 0.25) is 5.02 Å². The molecule has 0 aliphatic rings. The van der Waals surface area contributed by atoms with E-state index in [1.165, 1.54) is 18.2 Å². The number of rotatable bonds is 10. The summed E-state index contributed by atoms with van der Waals surface area (Å²) in [5.41, 5.74) is 5.39. The summed E-state index contributed by atoms with van der Waals surface area (Å²) < 4.78 is 33.1. The number of nitrogen functional groups attached to an aromatic ring is 1. The van der Waals surface area contributed by atoms with Crippen molar-refractivity contribution in [1.29, 1.82) is 0 Å². The van der Waals surface area contributed by atoms with Crippen molar-refractivity contribution >= 4 is 44.7 Å². The number of carbonyl (C=O) groups excluding carboxylic acids is 1. The van der Waals surface area contributed by atoms with Crippen LogP contribution in [0.15, 0.2) is 47.4 Å². The summed E-state index contributed by atoms with van der Waals surface area (Å²) in [6.07, 6.45) is -0.165. The largest absolute Gasteiger partial charge is 0.460 e. The number of nitro groups is 1. The van der Waals surface area contributed by atoms with E-state index < -0.39 is 43.1 Å². The van der Waals surface area contributed by atoms with Gasteiger partial charge in [-0.3, -0.25) is 14.9 Å². The molecule has 0 radical (unpaired) electrons. The number of ether oxygens (including phenoxy) is 1. The van der Waals surface area contributed by atoms with E-state index in [1.807, 2.05) is 0 Å². The minimum atomic E-state index is -4.25. The lowest BCUT2D eigenvalue weighted by atomic mass is 10.1. The van der Waals surface area contributed by atoms with Crippen molar-refractivity contribution < 1.29 is 22.9 Å². The Bertz CT molecular complexity index is 1150. The number of nitro benzene ring substituents is 1. The van der Waals surface area contributed by atoms with Crippen LogP contribution in [0.4, 0.5) is 17.1 Å². The van der Waals surface area contributed by atoms with Crippen LogP contribution in [0, 0.1) is 10.1 Å². The van der Waals surface area contributed by atoms with Gasteiger partial charge >= 0.3 is 5.97 Å². The highest BCUT2D eigenvalue weighted by Gasteiger charge is 2.33. The molecular weight excluding hydrogens is 484 g/mol. The van der Waals surface area contributed by atoms with Crippen molar-refractivity contribution in [2.75, 3.05) is 24.1 Å². The molecule has 2 aromatic rings. The topological polar surface area (TPSA) is 145 Å². The summed E-state index contributed by atoms with van der Waals surface area (Å²) in [7, 11) is -4.25. The van der Waals surface area contributed by atoms with Crippen molar-refractivity contribution in [3.8, 4) is 0 Å². The molecule has 0 saturated heterocycles. The summed E-state index contributed by atoms with van der Waals surface area (Å²) in [4.78, 5) is 22.8. The molecule has 0 fully saturated rings. The molecule has 3 N–H and O–H groups in total. The van der Waals surface area contributed by atoms with Gasteiger partial charge in [0.1, 0.15) is 5.60 Å². The summed E-state index contributed by atoms with van der Waals surface area (Å²) >= 11 is 6.10. The first kappa shape index (κ1) is 27.4. The maximum atomic E-state index is 13.3. The van der Waals surface area contributed by atoms with E-state index >= 15 is 0 Å². The van der Waals surface area contributed by atoms with E-state index in [2.05, 4.69) is 5.32 Å². The molecule has 1 atom stereocenters. The molecule has 0 aliphatic heterocycles. The second-order valence-electron chi connectivity index (χ2n) is 8.55. The highest BCUT2D eigenvalue weighted by Crippen LogP contribution is 2.28. The van der Waals surface area contributed by atoms with Gasteiger partial charge in [0.2, 0.25) is 10.0 Å². The van der Waals surface area contributed by atoms with E-state index in [0.717, 1.165) is 10.4 Å². The first-order valence-corrected chi connectivity index (χ1v) is 12.3. The van der Waals surface area contributed by atoms with Gasteiger partial charge in [-0.2, -0.15) is 4.31 Å². The van der Waals surface area contributed by atoms with Gasteiger partial charge in [0, 0.05) is 24.8 Å². The van der Waals surface area contributed by atoms with Gasteiger partial charge in [0.25, 0.3) is 5.69 Å². The van der Waals surface area contributed by atoms with Crippen LogP contribution < -0.4 is 11.1 Å². The second-order valence-corrected chi connectivity index (χ2v) is 10.9. The molecule has 0 saturated carbocycles. The molecule has 2 aromatic carbocycles. The predicted molar refractivity (Wildman–Crippen MR) is 131 cm³/mol. The maximum absolute atomic E-state index is 13.3. The number of hydrogen-bond donors (Lipinski definition) is 2. The molecule has 12 heteroatoms. The summed E-state index contributed by atoms with van der Waals surface area (Å²) in [5.74, 6) is -0.536. The molecule has 10 nitrogen and oxygen atoms in total. The quantitative estimate of drug-likeness (QED) is 0.210. The molecule has 186 valence electrons. The summed E-state index contributed by atoms with van der Waals surface area (Å²) in [5, 5.41) is 14.8. The number of esters is 1. The van der Waals surface area contributed by atoms with E-state index in [1.54, 1.807) is 45.9 Å². The zero-order chi connectivity index (χ0) is 25.7. The van der Waals surface area contributed by atoms with Crippen molar-refractivity contribution in [2.24, 2.45) is 0 Å². The number of likely N-dealkylation sites (N-methyl/N-ethyl adjacent to an activating group) is 1. The Balaban J connectivity index is 2.39. The molecule has 0 bridgehead atoms. The maximum Gasteiger partial charge on any atom is 0.308 e. The Morgan fingerprint density at radius 1 is 1.26 bits per heavy atom. The van der Waals surface area contributed by atoms with Crippen LogP contribution in [-0.4, -0.2) is 48.3 Å². The molecule has 0 unspecified atom stereocenters. The Morgan fingerprint density at radius 2 is 1.91 bits per heavy atom. The fourth-order valence-electron chi connectivity index (χ4n) is 3.21. The van der Waals surface area contributed by atoms with Gasteiger partial charge < -0.3 is 15.8 Å². The molecule has 0 aromatic heterocycles. The number of sulfonamides is 1. The SMILES string of the molecule is CCN(C[C@H](CC(=O)OC(C)(C)C)Nc1ccc(N)c(Cl)c1)S(=O)(=O)c1ccccc1[N+](=O)[O-]. The fourth-order valence-corrected chi connectivity index (χ4v) is 5.04. The summed E-state index contributed by atoms with van der Waals surface area (Å²) in [6, 6.07) is 9.19. The monoisotopic (exact) mass is 512 g/mol. The zero-order valence-electron chi connectivity index (χ0n) is 19.4. The molecule has 34 heavy (non-hydrogen) atoms. The lowest BCUT2D eigenvalue weighted by Crippen LogP contribution is -2.42. The molecule has 0 aliphatic carbocycles. The van der Waals surface area contributed by atoms with Crippen LogP contribution in [-0.2, 0) is 19.6 Å². The van der Waals surface area contributed by atoms with Crippen LogP contribution in [0.1, 0.15) is 34.1 Å². The number of carbonyl (C=O) groups is 1. The van der Waals surface area contributed by atoms with Gasteiger partial charge in [0.15, 0.2) is 4.90 Å². The van der Waals surface area contributed by atoms with E-state index in [4.69, 9.17) is 22.1 Å². The molecule has 0 amide bonds. The Kier molecular flexibility index (Phi) is 8.87. The number of nitrogens with two attached hydrogens (primary N) is 1. The van der Waals surface area contributed by atoms with Crippen molar-refractivity contribution in [2.45, 2.75) is 50.7 Å². The second kappa shape index (κ2) is 11.0. The van der Waals surface area contributed by atoms with Crippen LogP contribution in [0.3, 0.4) is 0 Å². The van der Waals surface area contributed by atoms with Crippen molar-refractivity contribution in [1.82, 2.24) is 4.31 Å².